The summed E-state index contributed by atoms with van der Waals surface area (Å²) < 4.78 is 5.15. The Morgan fingerprint density at radius 2 is 2.12 bits per heavy atom. The van der Waals surface area contributed by atoms with Crippen molar-refractivity contribution in [3.05, 3.63) is 29.8 Å². The number of amides is 3. The first-order chi connectivity index (χ1) is 11.5. The molecule has 128 valence electrons. The lowest BCUT2D eigenvalue weighted by Gasteiger charge is -2.45. The summed E-state index contributed by atoms with van der Waals surface area (Å²) in [5, 5.41) is 2.74. The molecule has 7 heteroatoms. The third-order valence-corrected chi connectivity index (χ3v) is 4.59. The van der Waals surface area contributed by atoms with Gasteiger partial charge in [-0.25, -0.2) is 0 Å². The minimum Gasteiger partial charge on any atom is -0.497 e. The zero-order chi connectivity index (χ0) is 17.3. The Morgan fingerprint density at radius 1 is 1.33 bits per heavy atom. The van der Waals surface area contributed by atoms with Crippen LogP contribution in [0, 0.1) is 0 Å². The van der Waals surface area contributed by atoms with Crippen LogP contribution in [0.15, 0.2) is 24.3 Å². The molecule has 2 heterocycles. The Balaban J connectivity index is 1.75. The molecule has 1 N–H and O–H groups in total. The number of rotatable bonds is 3. The van der Waals surface area contributed by atoms with Crippen molar-refractivity contribution in [1.82, 2.24) is 15.1 Å². The largest absolute Gasteiger partial charge is 0.497 e. The fourth-order valence-electron chi connectivity index (χ4n) is 3.20. The van der Waals surface area contributed by atoms with Gasteiger partial charge in [0.2, 0.25) is 11.8 Å². The Labute approximate surface area is 140 Å². The number of benzene rings is 1. The van der Waals surface area contributed by atoms with Gasteiger partial charge in [0.1, 0.15) is 17.8 Å². The highest BCUT2D eigenvalue weighted by molar-refractivity contribution is 5.99. The first-order valence-electron chi connectivity index (χ1n) is 8.09. The summed E-state index contributed by atoms with van der Waals surface area (Å²) in [6, 6.07) is 5.86. The van der Waals surface area contributed by atoms with Crippen LogP contribution in [0.5, 0.6) is 5.75 Å². The SMILES string of the molecule is CC[C@@H]1NC(=O)[C@H]2CN(C(=O)c3cccc(OC)c3)CCN2C1=O. The van der Waals surface area contributed by atoms with E-state index in [0.29, 0.717) is 30.8 Å². The molecule has 0 aromatic heterocycles. The van der Waals surface area contributed by atoms with Crippen LogP contribution >= 0.6 is 0 Å². The fraction of sp³-hybridized carbons (Fsp3) is 0.471. The van der Waals surface area contributed by atoms with Gasteiger partial charge >= 0.3 is 0 Å². The molecule has 0 saturated carbocycles. The topological polar surface area (TPSA) is 79.0 Å². The molecule has 0 aliphatic carbocycles. The van der Waals surface area contributed by atoms with Gasteiger partial charge in [0, 0.05) is 18.7 Å². The molecule has 1 aromatic rings. The minimum absolute atomic E-state index is 0.0596. The Hall–Kier alpha value is -2.57. The molecule has 2 fully saturated rings. The Kier molecular flexibility index (Phi) is 4.42. The van der Waals surface area contributed by atoms with Gasteiger partial charge < -0.3 is 19.9 Å². The Bertz CT molecular complexity index is 676. The second kappa shape index (κ2) is 6.51. The maximum absolute atomic E-state index is 12.7. The summed E-state index contributed by atoms with van der Waals surface area (Å²) >= 11 is 0. The summed E-state index contributed by atoms with van der Waals surface area (Å²) in [4.78, 5) is 40.5. The van der Waals surface area contributed by atoms with Crippen molar-refractivity contribution >= 4 is 17.7 Å². The van der Waals surface area contributed by atoms with E-state index in [1.54, 1.807) is 41.2 Å². The molecule has 0 unspecified atom stereocenters. The molecule has 0 radical (unpaired) electrons. The molecule has 0 spiro atoms. The normalized spacial score (nSPS) is 23.6. The van der Waals surface area contributed by atoms with Crippen molar-refractivity contribution in [3.8, 4) is 5.75 Å². The van der Waals surface area contributed by atoms with E-state index < -0.39 is 12.1 Å². The van der Waals surface area contributed by atoms with E-state index in [1.165, 1.54) is 0 Å². The van der Waals surface area contributed by atoms with Gasteiger partial charge in [0.15, 0.2) is 0 Å². The van der Waals surface area contributed by atoms with Crippen LogP contribution in [0.2, 0.25) is 0 Å². The number of piperazine rings is 2. The highest BCUT2D eigenvalue weighted by atomic mass is 16.5. The van der Waals surface area contributed by atoms with E-state index in [1.807, 2.05) is 6.92 Å². The number of ether oxygens (including phenoxy) is 1. The standard InChI is InChI=1S/C17H21N3O4/c1-3-13-17(23)20-8-7-19(10-14(20)15(21)18-13)16(22)11-5-4-6-12(9-11)24-2/h4-6,9,13-14H,3,7-8,10H2,1-2H3,(H,18,21)/t13-,14+/m0/s1. The van der Waals surface area contributed by atoms with Crippen LogP contribution in [0.3, 0.4) is 0 Å². The highest BCUT2D eigenvalue weighted by Gasteiger charge is 2.43. The summed E-state index contributed by atoms with van der Waals surface area (Å²) in [5.41, 5.74) is 0.511. The van der Waals surface area contributed by atoms with Crippen molar-refractivity contribution in [2.24, 2.45) is 0 Å². The zero-order valence-corrected chi connectivity index (χ0v) is 13.8. The monoisotopic (exact) mass is 331 g/mol. The van der Waals surface area contributed by atoms with Gasteiger partial charge in [-0.05, 0) is 24.6 Å². The van der Waals surface area contributed by atoms with Crippen LogP contribution in [0.4, 0.5) is 0 Å². The van der Waals surface area contributed by atoms with E-state index in [-0.39, 0.29) is 24.3 Å². The molecule has 2 aliphatic rings. The minimum atomic E-state index is -0.608. The van der Waals surface area contributed by atoms with Crippen LogP contribution in [-0.4, -0.2) is 66.3 Å². The van der Waals surface area contributed by atoms with E-state index >= 15 is 0 Å². The number of hydrogen-bond acceptors (Lipinski definition) is 4. The first kappa shape index (κ1) is 16.3. The number of methoxy groups -OCH3 is 1. The summed E-state index contributed by atoms with van der Waals surface area (Å²) in [7, 11) is 1.55. The van der Waals surface area contributed by atoms with Gasteiger partial charge in [-0.3, -0.25) is 14.4 Å². The van der Waals surface area contributed by atoms with Gasteiger partial charge in [0.25, 0.3) is 5.91 Å². The van der Waals surface area contributed by atoms with Crippen molar-refractivity contribution in [1.29, 1.82) is 0 Å². The predicted molar refractivity (Wildman–Crippen MR) is 86.6 cm³/mol. The summed E-state index contributed by atoms with van der Waals surface area (Å²) in [6.07, 6.45) is 0.570. The van der Waals surface area contributed by atoms with Crippen molar-refractivity contribution in [3.63, 3.8) is 0 Å². The summed E-state index contributed by atoms with van der Waals surface area (Å²) in [5.74, 6) is 0.197. The van der Waals surface area contributed by atoms with Crippen molar-refractivity contribution < 1.29 is 19.1 Å². The number of carbonyl (C=O) groups is 3. The van der Waals surface area contributed by atoms with Gasteiger partial charge in [-0.1, -0.05) is 13.0 Å². The van der Waals surface area contributed by atoms with E-state index in [9.17, 15) is 14.4 Å². The fourth-order valence-corrected chi connectivity index (χ4v) is 3.20. The molecule has 1 aromatic carbocycles. The van der Waals surface area contributed by atoms with Crippen LogP contribution < -0.4 is 10.1 Å². The van der Waals surface area contributed by atoms with Gasteiger partial charge in [-0.15, -0.1) is 0 Å². The first-order valence-corrected chi connectivity index (χ1v) is 8.09. The van der Waals surface area contributed by atoms with Crippen molar-refractivity contribution in [2.75, 3.05) is 26.7 Å². The highest BCUT2D eigenvalue weighted by Crippen LogP contribution is 2.20. The molecule has 3 rings (SSSR count). The number of fused-ring (bicyclic) bond motifs is 1. The van der Waals surface area contributed by atoms with E-state index in [4.69, 9.17) is 4.74 Å². The molecule has 7 nitrogen and oxygen atoms in total. The molecular formula is C17H21N3O4. The third kappa shape index (κ3) is 2.81. The lowest BCUT2D eigenvalue weighted by Crippen LogP contribution is -2.69. The molecule has 2 aliphatic heterocycles. The number of hydrogen-bond donors (Lipinski definition) is 1. The smallest absolute Gasteiger partial charge is 0.254 e. The quantitative estimate of drug-likeness (QED) is 0.861. The Morgan fingerprint density at radius 3 is 2.83 bits per heavy atom. The van der Waals surface area contributed by atoms with E-state index in [0.717, 1.165) is 0 Å². The van der Waals surface area contributed by atoms with Crippen molar-refractivity contribution in [2.45, 2.75) is 25.4 Å². The maximum Gasteiger partial charge on any atom is 0.254 e. The van der Waals surface area contributed by atoms with Gasteiger partial charge in [-0.2, -0.15) is 0 Å². The second-order valence-corrected chi connectivity index (χ2v) is 6.00. The molecule has 2 saturated heterocycles. The third-order valence-electron chi connectivity index (χ3n) is 4.59. The zero-order valence-electron chi connectivity index (χ0n) is 13.8. The van der Waals surface area contributed by atoms with Crippen LogP contribution in [-0.2, 0) is 9.59 Å². The molecular weight excluding hydrogens is 310 g/mol. The van der Waals surface area contributed by atoms with Crippen LogP contribution in [0.1, 0.15) is 23.7 Å². The predicted octanol–water partition coefficient (Wildman–Crippen LogP) is 0.257. The lowest BCUT2D eigenvalue weighted by atomic mass is 10.0. The number of nitrogens with one attached hydrogen (secondary N) is 1. The second-order valence-electron chi connectivity index (χ2n) is 6.00. The van der Waals surface area contributed by atoms with Gasteiger partial charge in [0.05, 0.1) is 13.7 Å². The number of carbonyl (C=O) groups excluding carboxylic acids is 3. The number of nitrogens with zero attached hydrogens (tertiary/aromatic N) is 2. The summed E-state index contributed by atoms with van der Waals surface area (Å²) in [6.45, 7) is 2.88. The molecule has 3 amide bonds. The molecule has 2 atom stereocenters. The van der Waals surface area contributed by atoms with E-state index in [2.05, 4.69) is 5.32 Å². The maximum atomic E-state index is 12.7. The van der Waals surface area contributed by atoms with Crippen LogP contribution in [0.25, 0.3) is 0 Å². The molecule has 24 heavy (non-hydrogen) atoms. The average Bonchev–Trinajstić information content (AvgIpc) is 2.63. The lowest BCUT2D eigenvalue weighted by molar-refractivity contribution is -0.152. The molecule has 0 bridgehead atoms. The average molecular weight is 331 g/mol.